The fraction of sp³-hybridized carbons (Fsp3) is 0.500. The number of carbonyl (C=O) groups is 2. The van der Waals surface area contributed by atoms with Crippen LogP contribution in [0.5, 0.6) is 0 Å². The van der Waals surface area contributed by atoms with Crippen LogP contribution in [0.4, 0.5) is 0 Å². The van der Waals surface area contributed by atoms with Crippen LogP contribution in [-0.2, 0) is 9.59 Å². The maximum Gasteiger partial charge on any atom is 0.236 e. The summed E-state index contributed by atoms with van der Waals surface area (Å²) in [7, 11) is 5.40. The van der Waals surface area contributed by atoms with Gasteiger partial charge in [-0.3, -0.25) is 14.5 Å². The Bertz CT molecular complexity index is 1570. The molecule has 4 aromatic rings. The fourth-order valence-electron chi connectivity index (χ4n) is 6.11. The molecule has 0 unspecified atom stereocenters. The predicted molar refractivity (Wildman–Crippen MR) is 163 cm³/mol. The standard InChI is InChI=1S/C32H43N7O2/c1-20(2)30-25-16-24(23-10-14-38(15-11-23)28(40)12-13-37(7)18-29(41)36(5)6)8-9-27(25)35-31(30)26-17-39-32(33-19-34-39)22(4)21(26)3/h8-9,16-17,19-20,23,35H,10-15,18H2,1-7H3. The molecule has 1 aliphatic rings. The van der Waals surface area contributed by atoms with E-state index in [9.17, 15) is 9.59 Å². The van der Waals surface area contributed by atoms with Crippen molar-refractivity contribution < 1.29 is 9.59 Å². The number of fused-ring (bicyclic) bond motifs is 2. The lowest BCUT2D eigenvalue weighted by Crippen LogP contribution is -2.40. The SMILES string of the molecule is Cc1c(-c2[nH]c3ccc(C4CCN(C(=O)CCN(C)CC(=O)N(C)C)CC4)cc3c2C(C)C)cn2ncnc2c1C. The zero-order valence-corrected chi connectivity index (χ0v) is 25.5. The number of amides is 2. The molecule has 2 amide bonds. The molecular formula is C32H43N7O2. The van der Waals surface area contributed by atoms with Gasteiger partial charge in [0.25, 0.3) is 0 Å². The van der Waals surface area contributed by atoms with Gasteiger partial charge >= 0.3 is 0 Å². The number of benzene rings is 1. The van der Waals surface area contributed by atoms with Crippen LogP contribution in [0.3, 0.4) is 0 Å². The van der Waals surface area contributed by atoms with Gasteiger partial charge in [-0.05, 0) is 80.0 Å². The molecule has 0 aliphatic carbocycles. The molecular weight excluding hydrogens is 514 g/mol. The number of nitrogens with one attached hydrogen (secondary N) is 1. The fourth-order valence-corrected chi connectivity index (χ4v) is 6.11. The Morgan fingerprint density at radius 1 is 1.10 bits per heavy atom. The summed E-state index contributed by atoms with van der Waals surface area (Å²) in [5, 5.41) is 5.69. The Labute approximate surface area is 242 Å². The van der Waals surface area contributed by atoms with E-state index in [1.807, 2.05) is 21.4 Å². The van der Waals surface area contributed by atoms with Crippen molar-refractivity contribution >= 4 is 28.4 Å². The van der Waals surface area contributed by atoms with Crippen LogP contribution < -0.4 is 0 Å². The lowest BCUT2D eigenvalue weighted by Gasteiger charge is -2.33. The molecule has 1 fully saturated rings. The third-order valence-corrected chi connectivity index (χ3v) is 8.77. The largest absolute Gasteiger partial charge is 0.354 e. The van der Waals surface area contributed by atoms with Gasteiger partial charge in [0.2, 0.25) is 11.8 Å². The number of rotatable bonds is 8. The number of piperidine rings is 1. The molecule has 5 rings (SSSR count). The van der Waals surface area contributed by atoms with Crippen molar-refractivity contribution in [1.82, 2.24) is 34.3 Å². The van der Waals surface area contributed by atoms with E-state index < -0.39 is 0 Å². The van der Waals surface area contributed by atoms with Crippen molar-refractivity contribution in [3.05, 3.63) is 53.0 Å². The van der Waals surface area contributed by atoms with Gasteiger partial charge in [-0.2, -0.15) is 5.10 Å². The van der Waals surface area contributed by atoms with Gasteiger partial charge in [0, 0.05) is 62.8 Å². The highest BCUT2D eigenvalue weighted by atomic mass is 16.2. The van der Waals surface area contributed by atoms with Gasteiger partial charge in [0.15, 0.2) is 5.65 Å². The van der Waals surface area contributed by atoms with Gasteiger partial charge < -0.3 is 14.8 Å². The second-order valence-corrected chi connectivity index (χ2v) is 12.1. The number of carbonyl (C=O) groups excluding carboxylic acids is 2. The van der Waals surface area contributed by atoms with Crippen LogP contribution in [0.15, 0.2) is 30.7 Å². The number of aryl methyl sites for hydroxylation is 1. The van der Waals surface area contributed by atoms with Crippen molar-refractivity contribution in [2.45, 2.75) is 58.8 Å². The molecule has 0 saturated carbocycles. The summed E-state index contributed by atoms with van der Waals surface area (Å²) >= 11 is 0. The van der Waals surface area contributed by atoms with Gasteiger partial charge in [-0.15, -0.1) is 0 Å². The molecule has 1 aliphatic heterocycles. The Morgan fingerprint density at radius 2 is 1.83 bits per heavy atom. The number of likely N-dealkylation sites (N-methyl/N-ethyl adjacent to an activating group) is 2. The Kier molecular flexibility index (Phi) is 8.18. The first-order valence-corrected chi connectivity index (χ1v) is 14.7. The molecule has 1 N–H and O–H groups in total. The molecule has 41 heavy (non-hydrogen) atoms. The van der Waals surface area contributed by atoms with Gasteiger partial charge in [-0.25, -0.2) is 9.50 Å². The second kappa shape index (κ2) is 11.6. The third-order valence-electron chi connectivity index (χ3n) is 8.77. The van der Waals surface area contributed by atoms with E-state index >= 15 is 0 Å². The van der Waals surface area contributed by atoms with Crippen molar-refractivity contribution in [3.63, 3.8) is 0 Å². The molecule has 0 atom stereocenters. The Balaban J connectivity index is 1.31. The second-order valence-electron chi connectivity index (χ2n) is 12.1. The number of H-pyrrole nitrogens is 1. The van der Waals surface area contributed by atoms with Crippen LogP contribution in [-0.4, -0.2) is 93.4 Å². The minimum atomic E-state index is 0.0504. The minimum Gasteiger partial charge on any atom is -0.354 e. The molecule has 3 aromatic heterocycles. The number of likely N-dealkylation sites (tertiary alicyclic amines) is 1. The highest BCUT2D eigenvalue weighted by molar-refractivity contribution is 5.92. The maximum atomic E-state index is 12.9. The van der Waals surface area contributed by atoms with E-state index in [0.717, 1.165) is 53.9 Å². The topological polar surface area (TPSA) is 89.8 Å². The van der Waals surface area contributed by atoms with Crippen molar-refractivity contribution in [2.75, 3.05) is 47.3 Å². The summed E-state index contributed by atoms with van der Waals surface area (Å²) in [4.78, 5) is 38.5. The lowest BCUT2D eigenvalue weighted by atomic mass is 9.87. The molecule has 1 aromatic carbocycles. The summed E-state index contributed by atoms with van der Waals surface area (Å²) in [5.41, 5.74) is 9.38. The van der Waals surface area contributed by atoms with Crippen LogP contribution in [0.25, 0.3) is 27.8 Å². The van der Waals surface area contributed by atoms with E-state index in [0.29, 0.717) is 31.3 Å². The van der Waals surface area contributed by atoms with Crippen molar-refractivity contribution in [2.24, 2.45) is 0 Å². The number of hydrogen-bond acceptors (Lipinski definition) is 5. The van der Waals surface area contributed by atoms with Crippen LogP contribution in [0, 0.1) is 13.8 Å². The quantitative estimate of drug-likeness (QED) is 0.338. The van der Waals surface area contributed by atoms with Gasteiger partial charge in [0.1, 0.15) is 6.33 Å². The van der Waals surface area contributed by atoms with E-state index in [1.54, 1.807) is 25.3 Å². The number of aromatic amines is 1. The molecule has 0 radical (unpaired) electrons. The molecule has 1 saturated heterocycles. The summed E-state index contributed by atoms with van der Waals surface area (Å²) in [6, 6.07) is 6.85. The Hall–Kier alpha value is -3.72. The predicted octanol–water partition coefficient (Wildman–Crippen LogP) is 4.73. The third kappa shape index (κ3) is 5.73. The maximum absolute atomic E-state index is 12.9. The number of hydrogen-bond donors (Lipinski definition) is 1. The van der Waals surface area contributed by atoms with Crippen LogP contribution in [0.2, 0.25) is 0 Å². The van der Waals surface area contributed by atoms with Gasteiger partial charge in [0.05, 0.1) is 12.2 Å². The summed E-state index contributed by atoms with van der Waals surface area (Å²) in [6.07, 6.45) is 6.06. The highest BCUT2D eigenvalue weighted by Crippen LogP contribution is 2.40. The van der Waals surface area contributed by atoms with Crippen LogP contribution in [0.1, 0.15) is 67.2 Å². The number of nitrogens with zero attached hydrogens (tertiary/aromatic N) is 6. The molecule has 9 heteroatoms. The zero-order valence-electron chi connectivity index (χ0n) is 25.5. The minimum absolute atomic E-state index is 0.0504. The monoisotopic (exact) mass is 557 g/mol. The summed E-state index contributed by atoms with van der Waals surface area (Å²) in [6.45, 7) is 11.3. The zero-order chi connectivity index (χ0) is 29.4. The van der Waals surface area contributed by atoms with Crippen molar-refractivity contribution in [1.29, 1.82) is 0 Å². The van der Waals surface area contributed by atoms with Crippen molar-refractivity contribution in [3.8, 4) is 11.3 Å². The molecule has 0 bridgehead atoms. The number of aromatic nitrogens is 4. The Morgan fingerprint density at radius 3 is 2.51 bits per heavy atom. The first-order chi connectivity index (χ1) is 19.5. The highest BCUT2D eigenvalue weighted by Gasteiger charge is 2.26. The van der Waals surface area contributed by atoms with E-state index in [1.165, 1.54) is 22.1 Å². The first kappa shape index (κ1) is 28.8. The smallest absolute Gasteiger partial charge is 0.236 e. The molecule has 218 valence electrons. The molecule has 4 heterocycles. The summed E-state index contributed by atoms with van der Waals surface area (Å²) in [5.74, 6) is 0.994. The molecule has 9 nitrogen and oxygen atoms in total. The number of pyridine rings is 1. The first-order valence-electron chi connectivity index (χ1n) is 14.7. The average Bonchev–Trinajstić information content (AvgIpc) is 3.58. The van der Waals surface area contributed by atoms with Gasteiger partial charge in [-0.1, -0.05) is 19.9 Å². The molecule has 0 spiro atoms. The van der Waals surface area contributed by atoms with E-state index in [-0.39, 0.29) is 11.8 Å². The summed E-state index contributed by atoms with van der Waals surface area (Å²) < 4.78 is 1.87. The van der Waals surface area contributed by atoms with E-state index in [4.69, 9.17) is 0 Å². The average molecular weight is 558 g/mol. The van der Waals surface area contributed by atoms with E-state index in [2.05, 4.69) is 67.2 Å². The van der Waals surface area contributed by atoms with Crippen LogP contribution >= 0.6 is 0 Å². The normalized spacial score (nSPS) is 14.6. The lowest BCUT2D eigenvalue weighted by molar-refractivity contribution is -0.134.